The fourth-order valence-electron chi connectivity index (χ4n) is 2.12. The Kier molecular flexibility index (Phi) is 5.83. The van der Waals surface area contributed by atoms with Crippen LogP contribution in [0, 0.1) is 19.3 Å². The van der Waals surface area contributed by atoms with Gasteiger partial charge in [0.25, 0.3) is 5.91 Å². The number of amides is 1. The van der Waals surface area contributed by atoms with E-state index in [-0.39, 0.29) is 6.21 Å². The number of aromatic nitrogens is 1. The second-order valence-electron chi connectivity index (χ2n) is 5.20. The Labute approximate surface area is 136 Å². The van der Waals surface area contributed by atoms with E-state index < -0.39 is 35.7 Å². The lowest BCUT2D eigenvalue weighted by molar-refractivity contribution is -0.126. The number of allylic oxidation sites excluding steroid dienone is 1. The van der Waals surface area contributed by atoms with Crippen LogP contribution < -0.4 is 5.73 Å². The summed E-state index contributed by atoms with van der Waals surface area (Å²) in [5, 5.41) is 7.01. The first-order valence-corrected chi connectivity index (χ1v) is 6.78. The molecule has 0 aromatic carbocycles. The van der Waals surface area contributed by atoms with Gasteiger partial charge >= 0.3 is 6.18 Å². The molecule has 0 atom stereocenters. The van der Waals surface area contributed by atoms with Gasteiger partial charge in [-0.05, 0) is 25.0 Å². The number of pyridine rings is 1. The number of nitrogens with zero attached hydrogens (tertiary/aromatic N) is 2. The second kappa shape index (κ2) is 7.24. The molecule has 0 aliphatic heterocycles. The number of ketones is 1. The zero-order chi connectivity index (χ0) is 18.7. The van der Waals surface area contributed by atoms with Gasteiger partial charge in [-0.1, -0.05) is 0 Å². The van der Waals surface area contributed by atoms with Crippen molar-refractivity contribution < 1.29 is 22.8 Å². The highest BCUT2D eigenvalue weighted by Crippen LogP contribution is 2.24. The lowest BCUT2D eigenvalue weighted by Gasteiger charge is -2.19. The number of nitrogens with two attached hydrogens (primary N) is 1. The molecule has 3 N–H and O–H groups in total. The monoisotopic (exact) mass is 342 g/mol. The number of halogens is 3. The number of Topliss-reactive ketones (excluding diaryl/α,β-unsaturated/α-hetero) is 1. The van der Waals surface area contributed by atoms with Crippen LogP contribution in [0.25, 0.3) is 0 Å². The summed E-state index contributed by atoms with van der Waals surface area (Å²) in [4.78, 5) is 29.1. The number of alkyl halides is 3. The minimum Gasteiger partial charge on any atom is -0.394 e. The van der Waals surface area contributed by atoms with Gasteiger partial charge in [0.15, 0.2) is 5.78 Å². The van der Waals surface area contributed by atoms with Crippen LogP contribution in [0.4, 0.5) is 13.2 Å². The van der Waals surface area contributed by atoms with Crippen LogP contribution in [0.2, 0.25) is 0 Å². The molecule has 0 unspecified atom stereocenters. The SMILES string of the molecule is Cc1cncc(C)c1C(=O)CN(C)C(=O)/C(C=N)=C(/N)C(F)(F)F. The van der Waals surface area contributed by atoms with E-state index in [0.29, 0.717) is 16.7 Å². The van der Waals surface area contributed by atoms with Crippen LogP contribution in [0.15, 0.2) is 23.7 Å². The van der Waals surface area contributed by atoms with Crippen molar-refractivity contribution in [1.29, 1.82) is 5.41 Å². The molecule has 1 heterocycles. The van der Waals surface area contributed by atoms with E-state index in [1.165, 1.54) is 19.4 Å². The number of carbonyl (C=O) groups excluding carboxylic acids is 2. The molecule has 0 aliphatic carbocycles. The first kappa shape index (κ1) is 19.3. The predicted molar refractivity (Wildman–Crippen MR) is 81.7 cm³/mol. The standard InChI is InChI=1S/C15H17F3N4O2/c1-8-5-21-6-9(2)12(8)11(23)7-22(3)14(24)10(4-19)13(20)15(16,17)18/h4-6,19H,7,20H2,1-3H3/b13-10+,19-4?. The van der Waals surface area contributed by atoms with Crippen molar-refractivity contribution in [1.82, 2.24) is 9.88 Å². The maximum atomic E-state index is 12.6. The minimum atomic E-state index is -4.94. The van der Waals surface area contributed by atoms with E-state index in [1.54, 1.807) is 13.8 Å². The van der Waals surface area contributed by atoms with Gasteiger partial charge in [0.1, 0.15) is 5.70 Å². The third kappa shape index (κ3) is 4.18. The fraction of sp³-hybridized carbons (Fsp3) is 0.333. The van der Waals surface area contributed by atoms with Gasteiger partial charge < -0.3 is 16.0 Å². The predicted octanol–water partition coefficient (Wildman–Crippen LogP) is 1.76. The summed E-state index contributed by atoms with van der Waals surface area (Å²) < 4.78 is 37.8. The highest BCUT2D eigenvalue weighted by molar-refractivity contribution is 6.13. The van der Waals surface area contributed by atoms with Gasteiger partial charge in [-0.3, -0.25) is 14.6 Å². The van der Waals surface area contributed by atoms with Crippen LogP contribution in [-0.4, -0.2) is 47.6 Å². The van der Waals surface area contributed by atoms with Crippen molar-refractivity contribution >= 4 is 17.9 Å². The lowest BCUT2D eigenvalue weighted by Crippen LogP contribution is -2.36. The fourth-order valence-corrected chi connectivity index (χ4v) is 2.12. The zero-order valence-electron chi connectivity index (χ0n) is 13.4. The maximum absolute atomic E-state index is 12.6. The van der Waals surface area contributed by atoms with Crippen LogP contribution in [0.1, 0.15) is 21.5 Å². The average Bonchev–Trinajstić information content (AvgIpc) is 2.46. The molecule has 0 saturated heterocycles. The molecule has 1 aromatic rings. The van der Waals surface area contributed by atoms with E-state index >= 15 is 0 Å². The van der Waals surface area contributed by atoms with Crippen LogP contribution in [-0.2, 0) is 4.79 Å². The number of nitrogens with one attached hydrogen (secondary N) is 1. The topological polar surface area (TPSA) is 100 Å². The molecule has 0 saturated carbocycles. The van der Waals surface area contributed by atoms with Crippen LogP contribution in [0.5, 0.6) is 0 Å². The Morgan fingerprint density at radius 3 is 2.21 bits per heavy atom. The smallest absolute Gasteiger partial charge is 0.394 e. The molecule has 130 valence electrons. The molecule has 9 heteroatoms. The molecule has 24 heavy (non-hydrogen) atoms. The van der Waals surface area contributed by atoms with Crippen molar-refractivity contribution in [3.63, 3.8) is 0 Å². The van der Waals surface area contributed by atoms with Gasteiger partial charge in [0.05, 0.1) is 12.1 Å². The largest absolute Gasteiger partial charge is 0.431 e. The first-order chi connectivity index (χ1) is 11.0. The Balaban J connectivity index is 3.07. The van der Waals surface area contributed by atoms with Gasteiger partial charge in [0, 0.05) is 31.2 Å². The zero-order valence-corrected chi connectivity index (χ0v) is 13.4. The van der Waals surface area contributed by atoms with Gasteiger partial charge in [-0.15, -0.1) is 0 Å². The summed E-state index contributed by atoms with van der Waals surface area (Å²) in [7, 11) is 1.17. The van der Waals surface area contributed by atoms with E-state index in [9.17, 15) is 22.8 Å². The quantitative estimate of drug-likeness (QED) is 0.484. The van der Waals surface area contributed by atoms with Crippen LogP contribution >= 0.6 is 0 Å². The molecule has 0 aliphatic rings. The van der Waals surface area contributed by atoms with Gasteiger partial charge in [-0.2, -0.15) is 13.2 Å². The molecule has 1 amide bonds. The average molecular weight is 342 g/mol. The highest BCUT2D eigenvalue weighted by Gasteiger charge is 2.36. The molecule has 0 spiro atoms. The van der Waals surface area contributed by atoms with Crippen molar-refractivity contribution in [3.05, 3.63) is 40.4 Å². The molecule has 0 fully saturated rings. The summed E-state index contributed by atoms with van der Waals surface area (Å²) in [5.41, 5.74) is 3.76. The summed E-state index contributed by atoms with van der Waals surface area (Å²) >= 11 is 0. The molecular weight excluding hydrogens is 325 g/mol. The van der Waals surface area contributed by atoms with Crippen molar-refractivity contribution in [2.45, 2.75) is 20.0 Å². The van der Waals surface area contributed by atoms with E-state index in [4.69, 9.17) is 11.1 Å². The number of hydrogen-bond donors (Lipinski definition) is 2. The molecule has 1 aromatic heterocycles. The van der Waals surface area contributed by atoms with Gasteiger partial charge in [0.2, 0.25) is 0 Å². The Morgan fingerprint density at radius 1 is 1.29 bits per heavy atom. The van der Waals surface area contributed by atoms with E-state index in [2.05, 4.69) is 4.98 Å². The van der Waals surface area contributed by atoms with E-state index in [1.807, 2.05) is 0 Å². The summed E-state index contributed by atoms with van der Waals surface area (Å²) in [6, 6.07) is 0. The molecule has 0 bridgehead atoms. The number of carbonyl (C=O) groups is 2. The maximum Gasteiger partial charge on any atom is 0.431 e. The summed E-state index contributed by atoms with van der Waals surface area (Å²) in [6.07, 6.45) is -1.75. The number of aryl methyl sites for hydroxylation is 2. The van der Waals surface area contributed by atoms with E-state index in [0.717, 1.165) is 4.90 Å². The molecular formula is C15H17F3N4O2. The number of likely N-dealkylation sites (N-methyl/N-ethyl adjacent to an activating group) is 1. The molecule has 0 radical (unpaired) electrons. The van der Waals surface area contributed by atoms with Crippen molar-refractivity contribution in [3.8, 4) is 0 Å². The minimum absolute atomic E-state index is 0.231. The van der Waals surface area contributed by atoms with Crippen molar-refractivity contribution in [2.24, 2.45) is 5.73 Å². The normalized spacial score (nSPS) is 12.4. The molecule has 1 rings (SSSR count). The third-order valence-corrected chi connectivity index (χ3v) is 3.30. The highest BCUT2D eigenvalue weighted by atomic mass is 19.4. The second-order valence-corrected chi connectivity index (χ2v) is 5.20. The third-order valence-electron chi connectivity index (χ3n) is 3.30. The van der Waals surface area contributed by atoms with Crippen molar-refractivity contribution in [2.75, 3.05) is 13.6 Å². The number of hydrogen-bond acceptors (Lipinski definition) is 5. The Morgan fingerprint density at radius 2 is 1.79 bits per heavy atom. The first-order valence-electron chi connectivity index (χ1n) is 6.78. The van der Waals surface area contributed by atoms with Crippen LogP contribution in [0.3, 0.4) is 0 Å². The summed E-state index contributed by atoms with van der Waals surface area (Å²) in [6.45, 7) is 2.88. The number of rotatable bonds is 5. The Hall–Kier alpha value is -2.71. The summed E-state index contributed by atoms with van der Waals surface area (Å²) in [5.74, 6) is -1.60. The Bertz CT molecular complexity index is 691. The van der Waals surface area contributed by atoms with Gasteiger partial charge in [-0.25, -0.2) is 0 Å². The molecule has 6 nitrogen and oxygen atoms in total. The lowest BCUT2D eigenvalue weighted by atomic mass is 10.0.